The molecule has 9 heteroatoms. The van der Waals surface area contributed by atoms with Crippen LogP contribution in [-0.4, -0.2) is 60.0 Å². The van der Waals surface area contributed by atoms with Gasteiger partial charge in [0.05, 0.1) is 11.2 Å². The fourth-order valence-electron chi connectivity index (χ4n) is 3.47. The van der Waals surface area contributed by atoms with Crippen molar-refractivity contribution >= 4 is 36.2 Å². The molecule has 2 fully saturated rings. The lowest BCUT2D eigenvalue weighted by Gasteiger charge is -2.32. The maximum Gasteiger partial charge on any atom is 0.496 e. The number of hydrogen-bond donors (Lipinski definition) is 1. The van der Waals surface area contributed by atoms with Crippen LogP contribution in [-0.2, 0) is 14.0 Å². The molecule has 2 aliphatic rings. The van der Waals surface area contributed by atoms with Gasteiger partial charge in [-0.15, -0.1) is 0 Å². The molecule has 7 nitrogen and oxygen atoms in total. The topological polar surface area (TPSA) is 77.1 Å². The van der Waals surface area contributed by atoms with Gasteiger partial charge in [0.25, 0.3) is 5.91 Å². The van der Waals surface area contributed by atoms with Gasteiger partial charge in [0, 0.05) is 35.2 Å². The van der Waals surface area contributed by atoms with Crippen molar-refractivity contribution < 1.29 is 23.6 Å². The molecule has 0 bridgehead atoms. The van der Waals surface area contributed by atoms with Gasteiger partial charge < -0.3 is 24.3 Å². The first kappa shape index (κ1) is 23.9. The van der Waals surface area contributed by atoms with Crippen LogP contribution in [0.4, 0.5) is 4.79 Å². The number of carbonyl (C=O) groups is 2. The number of hydrogen-bond acceptors (Lipinski definition) is 5. The molecule has 1 atom stereocenters. The maximum absolute atomic E-state index is 12.9. The molecular weight excluding hydrogens is 419 g/mol. The Labute approximate surface area is 189 Å². The van der Waals surface area contributed by atoms with Crippen molar-refractivity contribution in [2.45, 2.75) is 77.7 Å². The molecule has 1 aromatic carbocycles. The lowest BCUT2D eigenvalue weighted by molar-refractivity contribution is 0.00578. The van der Waals surface area contributed by atoms with Crippen molar-refractivity contribution in [2.75, 3.05) is 13.1 Å². The highest BCUT2D eigenvalue weighted by molar-refractivity contribution is 6.65. The van der Waals surface area contributed by atoms with E-state index in [9.17, 15) is 9.59 Å². The number of benzene rings is 1. The average molecular weight is 451 g/mol. The van der Waals surface area contributed by atoms with E-state index < -0.39 is 23.9 Å². The van der Waals surface area contributed by atoms with Crippen LogP contribution in [0.2, 0.25) is 5.02 Å². The predicted octanol–water partition coefficient (Wildman–Crippen LogP) is 3.38. The van der Waals surface area contributed by atoms with E-state index in [-0.39, 0.29) is 18.0 Å². The molecule has 31 heavy (non-hydrogen) atoms. The fourth-order valence-corrected chi connectivity index (χ4v) is 3.68. The Morgan fingerprint density at radius 3 is 2.39 bits per heavy atom. The van der Waals surface area contributed by atoms with Crippen LogP contribution < -0.4 is 10.8 Å². The molecule has 0 aromatic heterocycles. The molecule has 0 aliphatic carbocycles. The van der Waals surface area contributed by atoms with Crippen molar-refractivity contribution in [1.29, 1.82) is 0 Å². The van der Waals surface area contributed by atoms with Gasteiger partial charge in [0.1, 0.15) is 5.60 Å². The average Bonchev–Trinajstić information content (AvgIpc) is 3.16. The van der Waals surface area contributed by atoms with Gasteiger partial charge in [-0.1, -0.05) is 11.6 Å². The minimum absolute atomic E-state index is 0.143. The lowest BCUT2D eigenvalue weighted by atomic mass is 9.78. The van der Waals surface area contributed by atoms with Gasteiger partial charge in [-0.3, -0.25) is 4.79 Å². The van der Waals surface area contributed by atoms with E-state index in [1.54, 1.807) is 23.1 Å². The Bertz CT molecular complexity index is 852. The number of likely N-dealkylation sites (tertiary alicyclic amines) is 1. The van der Waals surface area contributed by atoms with Crippen molar-refractivity contribution in [3.05, 3.63) is 28.8 Å². The summed E-state index contributed by atoms with van der Waals surface area (Å²) in [6, 6.07) is 4.92. The van der Waals surface area contributed by atoms with Crippen molar-refractivity contribution in [2.24, 2.45) is 0 Å². The molecule has 2 amide bonds. The summed E-state index contributed by atoms with van der Waals surface area (Å²) in [7, 11) is -0.653. The number of ether oxygens (including phenoxy) is 1. The minimum Gasteiger partial charge on any atom is -0.444 e. The van der Waals surface area contributed by atoms with Crippen LogP contribution in [0.1, 0.15) is 65.2 Å². The number of nitrogens with one attached hydrogen (secondary N) is 1. The molecule has 0 radical (unpaired) electrons. The minimum atomic E-state index is -0.653. The quantitative estimate of drug-likeness (QED) is 0.714. The third kappa shape index (κ3) is 5.36. The molecule has 1 N–H and O–H groups in total. The third-order valence-corrected chi connectivity index (χ3v) is 6.28. The molecule has 3 rings (SSSR count). The van der Waals surface area contributed by atoms with Gasteiger partial charge in [-0.05, 0) is 73.1 Å². The Kier molecular flexibility index (Phi) is 6.40. The van der Waals surface area contributed by atoms with E-state index in [2.05, 4.69) is 5.32 Å². The number of carbonyl (C=O) groups excluding carboxylic acids is 2. The van der Waals surface area contributed by atoms with E-state index in [1.807, 2.05) is 48.5 Å². The van der Waals surface area contributed by atoms with Crippen molar-refractivity contribution in [3.8, 4) is 0 Å². The van der Waals surface area contributed by atoms with E-state index in [0.717, 1.165) is 0 Å². The van der Waals surface area contributed by atoms with E-state index in [4.69, 9.17) is 25.6 Å². The highest BCUT2D eigenvalue weighted by Crippen LogP contribution is 2.37. The summed E-state index contributed by atoms with van der Waals surface area (Å²) in [5, 5.41) is 3.48. The summed E-state index contributed by atoms with van der Waals surface area (Å²) in [6.45, 7) is 14.3. The first-order valence-electron chi connectivity index (χ1n) is 10.6. The lowest BCUT2D eigenvalue weighted by Crippen LogP contribution is -2.41. The zero-order valence-electron chi connectivity index (χ0n) is 19.4. The van der Waals surface area contributed by atoms with Crippen LogP contribution >= 0.6 is 11.6 Å². The van der Waals surface area contributed by atoms with Crippen molar-refractivity contribution in [3.63, 3.8) is 0 Å². The first-order chi connectivity index (χ1) is 14.2. The number of halogens is 1. The zero-order valence-corrected chi connectivity index (χ0v) is 20.1. The second kappa shape index (κ2) is 8.30. The maximum atomic E-state index is 12.9. The Morgan fingerprint density at radius 1 is 1.19 bits per heavy atom. The second-order valence-electron chi connectivity index (χ2n) is 10.2. The van der Waals surface area contributed by atoms with Crippen molar-refractivity contribution in [1.82, 2.24) is 10.2 Å². The number of nitrogens with zero attached hydrogens (tertiary/aromatic N) is 1. The number of rotatable bonds is 3. The van der Waals surface area contributed by atoms with Crippen LogP contribution in [0, 0.1) is 0 Å². The van der Waals surface area contributed by atoms with E-state index >= 15 is 0 Å². The van der Waals surface area contributed by atoms with Gasteiger partial charge in [-0.2, -0.15) is 0 Å². The van der Waals surface area contributed by atoms with Gasteiger partial charge in [0.2, 0.25) is 0 Å². The predicted molar refractivity (Wildman–Crippen MR) is 121 cm³/mol. The van der Waals surface area contributed by atoms with Gasteiger partial charge >= 0.3 is 13.2 Å². The zero-order chi connectivity index (χ0) is 23.2. The van der Waals surface area contributed by atoms with Crippen LogP contribution in [0.5, 0.6) is 0 Å². The molecule has 1 aromatic rings. The monoisotopic (exact) mass is 450 g/mol. The molecule has 0 unspecified atom stereocenters. The highest BCUT2D eigenvalue weighted by Gasteiger charge is 2.52. The molecule has 2 heterocycles. The highest BCUT2D eigenvalue weighted by atomic mass is 35.5. The summed E-state index contributed by atoms with van der Waals surface area (Å²) in [6.07, 6.45) is 0.307. The van der Waals surface area contributed by atoms with E-state index in [0.29, 0.717) is 35.6 Å². The first-order valence-corrected chi connectivity index (χ1v) is 11.0. The standard InChI is InChI=1S/C22H32BClN2O5/c1-20(2,3)29-19(28)26-11-10-15(13-26)25-18(27)14-8-9-17(24)16(12-14)23-30-21(4,5)22(6,7)31-23/h8-9,12,15H,10-11,13H2,1-7H3,(H,25,27)/t15-/m0/s1. The van der Waals surface area contributed by atoms with Gasteiger partial charge in [0.15, 0.2) is 0 Å². The van der Waals surface area contributed by atoms with Crippen LogP contribution in [0.25, 0.3) is 0 Å². The number of amides is 2. The largest absolute Gasteiger partial charge is 0.496 e. The second-order valence-corrected chi connectivity index (χ2v) is 10.6. The molecule has 0 spiro atoms. The molecule has 170 valence electrons. The SMILES string of the molecule is CC(C)(C)OC(=O)N1CC[C@H](NC(=O)c2ccc(Cl)c(B3OC(C)(C)C(C)(C)O3)c2)C1. The third-order valence-electron chi connectivity index (χ3n) is 5.94. The summed E-state index contributed by atoms with van der Waals surface area (Å²) < 4.78 is 17.6. The Balaban J connectivity index is 1.66. The smallest absolute Gasteiger partial charge is 0.444 e. The summed E-state index contributed by atoms with van der Waals surface area (Å²) in [5.74, 6) is -0.231. The molecule has 2 aliphatic heterocycles. The molecule has 0 saturated carbocycles. The van der Waals surface area contributed by atoms with Crippen LogP contribution in [0.15, 0.2) is 18.2 Å². The Hall–Kier alpha value is -1.77. The van der Waals surface area contributed by atoms with Gasteiger partial charge in [-0.25, -0.2) is 4.79 Å². The normalized spacial score (nSPS) is 22.5. The van der Waals surface area contributed by atoms with E-state index in [1.165, 1.54) is 0 Å². The molecule has 2 saturated heterocycles. The summed E-state index contributed by atoms with van der Waals surface area (Å²) in [5.41, 5.74) is -0.478. The Morgan fingerprint density at radius 2 is 1.81 bits per heavy atom. The summed E-state index contributed by atoms with van der Waals surface area (Å²) in [4.78, 5) is 26.7. The van der Waals surface area contributed by atoms with Crippen LogP contribution in [0.3, 0.4) is 0 Å². The summed E-state index contributed by atoms with van der Waals surface area (Å²) >= 11 is 6.39. The fraction of sp³-hybridized carbons (Fsp3) is 0.636. The molecular formula is C22H32BClN2O5.